The standard InChI is InChI=1S/C26H25F3N8O2/c1-25(2)11-15-8-9-16(10-17(15)22(39)35-25)31-24-30-12-18(21-33-23(37-36-21)26(27,28)29)20(34-24)32-19(13-38)14-6-4-3-5-7-14/h3-10,12,19,38H,11,13H2,1-2H3,(H,35,39)(H,33,36,37)(H2,30,31,32,34). The molecule has 1 atom stereocenters. The molecule has 0 spiro atoms. The van der Waals surface area contributed by atoms with E-state index in [1.165, 1.54) is 6.20 Å². The van der Waals surface area contributed by atoms with E-state index in [9.17, 15) is 23.1 Å². The van der Waals surface area contributed by atoms with E-state index in [-0.39, 0.29) is 41.2 Å². The number of rotatable bonds is 7. The third-order valence-corrected chi connectivity index (χ3v) is 6.17. The zero-order chi connectivity index (χ0) is 27.8. The monoisotopic (exact) mass is 538 g/mol. The Morgan fingerprint density at radius 3 is 2.56 bits per heavy atom. The quantitative estimate of drug-likeness (QED) is 0.235. The number of carbonyl (C=O) groups is 1. The summed E-state index contributed by atoms with van der Waals surface area (Å²) < 4.78 is 39.4. The molecule has 39 heavy (non-hydrogen) atoms. The van der Waals surface area contributed by atoms with Crippen molar-refractivity contribution < 1.29 is 23.1 Å². The Labute approximate surface area is 221 Å². The second-order valence-corrected chi connectivity index (χ2v) is 9.76. The van der Waals surface area contributed by atoms with E-state index in [0.717, 1.165) is 11.1 Å². The molecule has 1 unspecified atom stereocenters. The molecular weight excluding hydrogens is 513 g/mol. The van der Waals surface area contributed by atoms with Crippen molar-refractivity contribution >= 4 is 23.4 Å². The summed E-state index contributed by atoms with van der Waals surface area (Å²) in [4.78, 5) is 24.9. The van der Waals surface area contributed by atoms with Gasteiger partial charge in [0.05, 0.1) is 18.2 Å². The Kier molecular flexibility index (Phi) is 6.68. The van der Waals surface area contributed by atoms with Crippen LogP contribution in [0.25, 0.3) is 11.4 Å². The number of fused-ring (bicyclic) bond motifs is 1. The van der Waals surface area contributed by atoms with Crippen LogP contribution in [0.4, 0.5) is 30.6 Å². The molecule has 1 aliphatic heterocycles. The van der Waals surface area contributed by atoms with Crippen molar-refractivity contribution in [3.63, 3.8) is 0 Å². The van der Waals surface area contributed by atoms with Crippen molar-refractivity contribution in [2.24, 2.45) is 0 Å². The van der Waals surface area contributed by atoms with E-state index in [1.54, 1.807) is 36.4 Å². The van der Waals surface area contributed by atoms with Gasteiger partial charge < -0.3 is 21.1 Å². The first-order valence-electron chi connectivity index (χ1n) is 12.0. The molecule has 0 bridgehead atoms. The van der Waals surface area contributed by atoms with Gasteiger partial charge in [-0.1, -0.05) is 36.4 Å². The highest BCUT2D eigenvalue weighted by atomic mass is 19.4. The van der Waals surface area contributed by atoms with Crippen molar-refractivity contribution in [1.82, 2.24) is 30.5 Å². The second-order valence-electron chi connectivity index (χ2n) is 9.76. The van der Waals surface area contributed by atoms with Crippen molar-refractivity contribution in [3.8, 4) is 11.4 Å². The van der Waals surface area contributed by atoms with Gasteiger partial charge in [-0.3, -0.25) is 9.89 Å². The van der Waals surface area contributed by atoms with E-state index in [2.05, 4.69) is 36.0 Å². The number of carbonyl (C=O) groups excluding carboxylic acids is 1. The lowest BCUT2D eigenvalue weighted by molar-refractivity contribution is -0.144. The summed E-state index contributed by atoms with van der Waals surface area (Å²) in [5, 5.41) is 24.7. The van der Waals surface area contributed by atoms with Crippen LogP contribution in [0.15, 0.2) is 54.7 Å². The van der Waals surface area contributed by atoms with Gasteiger partial charge in [0.2, 0.25) is 11.8 Å². The van der Waals surface area contributed by atoms with Crippen LogP contribution < -0.4 is 16.0 Å². The van der Waals surface area contributed by atoms with Crippen molar-refractivity contribution in [2.75, 3.05) is 17.2 Å². The molecule has 13 heteroatoms. The molecule has 0 aliphatic carbocycles. The number of hydrogen-bond donors (Lipinski definition) is 5. The lowest BCUT2D eigenvalue weighted by atomic mass is 9.87. The fourth-order valence-electron chi connectivity index (χ4n) is 4.35. The summed E-state index contributed by atoms with van der Waals surface area (Å²) >= 11 is 0. The SMILES string of the molecule is CC1(C)Cc2ccc(Nc3ncc(-c4n[nH]c(C(F)(F)F)n4)c(NC(CO)c4ccccc4)n3)cc2C(=O)N1. The zero-order valence-corrected chi connectivity index (χ0v) is 21.0. The van der Waals surface area contributed by atoms with Crippen molar-refractivity contribution in [3.05, 3.63) is 77.2 Å². The van der Waals surface area contributed by atoms with Crippen molar-refractivity contribution in [1.29, 1.82) is 0 Å². The van der Waals surface area contributed by atoms with Crippen LogP contribution in [0.5, 0.6) is 0 Å². The fraction of sp³-hybridized carbons (Fsp3) is 0.269. The van der Waals surface area contributed by atoms with Gasteiger partial charge in [-0.05, 0) is 43.5 Å². The Morgan fingerprint density at radius 1 is 1.10 bits per heavy atom. The third kappa shape index (κ3) is 5.67. The summed E-state index contributed by atoms with van der Waals surface area (Å²) in [6, 6.07) is 13.7. The number of alkyl halides is 3. The van der Waals surface area contributed by atoms with Crippen molar-refractivity contribution in [2.45, 2.75) is 38.0 Å². The number of hydrogen-bond acceptors (Lipinski definition) is 8. The number of amides is 1. The highest BCUT2D eigenvalue weighted by molar-refractivity contribution is 5.98. The van der Waals surface area contributed by atoms with Crippen LogP contribution in [0.1, 0.15) is 47.2 Å². The van der Waals surface area contributed by atoms with Crippen LogP contribution in [0, 0.1) is 0 Å². The molecule has 3 heterocycles. The average molecular weight is 539 g/mol. The average Bonchev–Trinajstić information content (AvgIpc) is 3.39. The molecule has 5 N–H and O–H groups in total. The van der Waals surface area contributed by atoms with Crippen LogP contribution >= 0.6 is 0 Å². The maximum Gasteiger partial charge on any atom is 0.451 e. The van der Waals surface area contributed by atoms with Gasteiger partial charge in [0.25, 0.3) is 5.91 Å². The van der Waals surface area contributed by atoms with Gasteiger partial charge in [0.1, 0.15) is 5.82 Å². The summed E-state index contributed by atoms with van der Waals surface area (Å²) in [6.45, 7) is 3.57. The minimum absolute atomic E-state index is 0.0914. The minimum atomic E-state index is -4.72. The molecule has 202 valence electrons. The number of nitrogens with one attached hydrogen (secondary N) is 4. The molecule has 5 rings (SSSR count). The van der Waals surface area contributed by atoms with E-state index in [1.807, 2.05) is 31.1 Å². The first-order chi connectivity index (χ1) is 18.5. The fourth-order valence-corrected chi connectivity index (χ4v) is 4.35. The lowest BCUT2D eigenvalue weighted by Gasteiger charge is -2.32. The minimum Gasteiger partial charge on any atom is -0.394 e. The number of benzene rings is 2. The predicted molar refractivity (Wildman–Crippen MR) is 137 cm³/mol. The smallest absolute Gasteiger partial charge is 0.394 e. The van der Waals surface area contributed by atoms with Crippen LogP contribution in [0.3, 0.4) is 0 Å². The molecule has 4 aromatic rings. The molecule has 0 fully saturated rings. The maximum absolute atomic E-state index is 13.1. The highest BCUT2D eigenvalue weighted by Gasteiger charge is 2.36. The Hall–Kier alpha value is -4.52. The van der Waals surface area contributed by atoms with Gasteiger partial charge in [-0.2, -0.15) is 23.3 Å². The first-order valence-corrected chi connectivity index (χ1v) is 12.0. The first kappa shape index (κ1) is 26.1. The molecule has 2 aromatic heterocycles. The highest BCUT2D eigenvalue weighted by Crippen LogP contribution is 2.32. The lowest BCUT2D eigenvalue weighted by Crippen LogP contribution is -2.49. The molecule has 10 nitrogen and oxygen atoms in total. The largest absolute Gasteiger partial charge is 0.451 e. The van der Waals surface area contributed by atoms with Gasteiger partial charge in [0.15, 0.2) is 5.82 Å². The van der Waals surface area contributed by atoms with E-state index in [4.69, 9.17) is 0 Å². The molecular formula is C26H25F3N8O2. The second kappa shape index (κ2) is 9.98. The number of aromatic nitrogens is 5. The Balaban J connectivity index is 1.49. The van der Waals surface area contributed by atoms with Crippen LogP contribution in [-0.2, 0) is 12.6 Å². The van der Waals surface area contributed by atoms with Gasteiger partial charge in [-0.25, -0.2) is 9.97 Å². The summed E-state index contributed by atoms with van der Waals surface area (Å²) in [5.41, 5.74) is 2.45. The van der Waals surface area contributed by atoms with E-state index < -0.39 is 18.0 Å². The molecule has 1 amide bonds. The Morgan fingerprint density at radius 2 is 1.87 bits per heavy atom. The van der Waals surface area contributed by atoms with Gasteiger partial charge in [-0.15, -0.1) is 0 Å². The number of aliphatic hydroxyl groups excluding tert-OH is 1. The summed E-state index contributed by atoms with van der Waals surface area (Å²) in [7, 11) is 0. The third-order valence-electron chi connectivity index (χ3n) is 6.17. The summed E-state index contributed by atoms with van der Waals surface area (Å²) in [5.74, 6) is -1.52. The predicted octanol–water partition coefficient (Wildman–Crippen LogP) is 4.23. The number of H-pyrrole nitrogens is 1. The molecule has 0 saturated carbocycles. The van der Waals surface area contributed by atoms with Gasteiger partial charge in [0, 0.05) is 23.0 Å². The number of aromatic amines is 1. The van der Waals surface area contributed by atoms with E-state index in [0.29, 0.717) is 17.7 Å². The molecule has 0 saturated heterocycles. The van der Waals surface area contributed by atoms with E-state index >= 15 is 0 Å². The maximum atomic E-state index is 13.1. The molecule has 2 aromatic carbocycles. The Bertz CT molecular complexity index is 1500. The van der Waals surface area contributed by atoms with Crippen LogP contribution in [0.2, 0.25) is 0 Å². The normalized spacial score (nSPS) is 15.3. The summed E-state index contributed by atoms with van der Waals surface area (Å²) in [6.07, 6.45) is -2.76. The van der Waals surface area contributed by atoms with Crippen LogP contribution in [-0.4, -0.2) is 48.3 Å². The number of halogens is 3. The number of aliphatic hydroxyl groups is 1. The number of anilines is 3. The molecule has 1 aliphatic rings. The number of nitrogens with zero attached hydrogens (tertiary/aromatic N) is 4. The topological polar surface area (TPSA) is 141 Å². The molecule has 0 radical (unpaired) electrons. The zero-order valence-electron chi connectivity index (χ0n) is 21.0. The van der Waals surface area contributed by atoms with Gasteiger partial charge >= 0.3 is 6.18 Å².